The van der Waals surface area contributed by atoms with Crippen LogP contribution in [0.25, 0.3) is 0 Å². The molecule has 1 rings (SSSR count). The molecule has 0 aliphatic carbocycles. The summed E-state index contributed by atoms with van der Waals surface area (Å²) in [5.41, 5.74) is -0.0846. The summed E-state index contributed by atoms with van der Waals surface area (Å²) < 4.78 is 16.7. The normalized spacial score (nSPS) is 26.1. The van der Waals surface area contributed by atoms with Crippen molar-refractivity contribution in [3.63, 3.8) is 0 Å². The van der Waals surface area contributed by atoms with Crippen LogP contribution in [0.3, 0.4) is 0 Å². The van der Waals surface area contributed by atoms with Gasteiger partial charge in [-0.3, -0.25) is 0 Å². The summed E-state index contributed by atoms with van der Waals surface area (Å²) in [7, 11) is 1.75. The van der Waals surface area contributed by atoms with Gasteiger partial charge in [-0.1, -0.05) is 0 Å². The lowest BCUT2D eigenvalue weighted by atomic mass is 10.00. The summed E-state index contributed by atoms with van der Waals surface area (Å²) in [6.45, 7) is 11.8. The second-order valence-corrected chi connectivity index (χ2v) is 5.93. The van der Waals surface area contributed by atoms with E-state index in [4.69, 9.17) is 14.2 Å². The number of nitrogens with one attached hydrogen (secondary N) is 1. The van der Waals surface area contributed by atoms with E-state index in [1.54, 1.807) is 7.11 Å². The van der Waals surface area contributed by atoms with E-state index >= 15 is 0 Å². The largest absolute Gasteiger partial charge is 0.379 e. The van der Waals surface area contributed by atoms with Crippen LogP contribution in [0.1, 0.15) is 41.0 Å². The van der Waals surface area contributed by atoms with Gasteiger partial charge in [-0.05, 0) is 41.0 Å². The van der Waals surface area contributed by atoms with Crippen LogP contribution in [0, 0.1) is 0 Å². The topological polar surface area (TPSA) is 39.7 Å². The van der Waals surface area contributed by atoms with Crippen LogP contribution in [-0.4, -0.2) is 43.8 Å². The first-order valence-electron chi connectivity index (χ1n) is 6.34. The molecule has 17 heavy (non-hydrogen) atoms. The summed E-state index contributed by atoms with van der Waals surface area (Å²) in [4.78, 5) is 0. The zero-order chi connectivity index (χ0) is 13.1. The van der Waals surface area contributed by atoms with Crippen molar-refractivity contribution in [2.45, 2.75) is 64.6 Å². The molecule has 0 aromatic rings. The van der Waals surface area contributed by atoms with Crippen LogP contribution in [0.5, 0.6) is 0 Å². The van der Waals surface area contributed by atoms with Gasteiger partial charge in [0, 0.05) is 19.7 Å². The molecule has 0 amide bonds. The average molecular weight is 245 g/mol. The molecule has 0 aromatic carbocycles. The van der Waals surface area contributed by atoms with E-state index in [0.717, 1.165) is 13.0 Å². The Bertz CT molecular complexity index is 241. The van der Waals surface area contributed by atoms with Crippen molar-refractivity contribution in [2.75, 3.05) is 20.3 Å². The number of hydrogen-bond donors (Lipinski definition) is 1. The lowest BCUT2D eigenvalue weighted by molar-refractivity contribution is -0.138. The third-order valence-electron chi connectivity index (χ3n) is 3.11. The fourth-order valence-electron chi connectivity index (χ4n) is 2.09. The SMILES string of the molecule is COC(C)(C)CC(C)NCC1COC(C)(C)O1. The van der Waals surface area contributed by atoms with Gasteiger partial charge in [0.1, 0.15) is 0 Å². The molecule has 1 N–H and O–H groups in total. The van der Waals surface area contributed by atoms with Crippen LogP contribution in [0.4, 0.5) is 0 Å². The quantitative estimate of drug-likeness (QED) is 0.776. The molecule has 4 nitrogen and oxygen atoms in total. The predicted molar refractivity (Wildman–Crippen MR) is 68.1 cm³/mol. The van der Waals surface area contributed by atoms with E-state index < -0.39 is 5.79 Å². The lowest BCUT2D eigenvalue weighted by Crippen LogP contribution is -2.40. The van der Waals surface area contributed by atoms with Crippen LogP contribution in [0.2, 0.25) is 0 Å². The summed E-state index contributed by atoms with van der Waals surface area (Å²) in [5.74, 6) is -0.429. The van der Waals surface area contributed by atoms with Crippen molar-refractivity contribution in [3.05, 3.63) is 0 Å². The van der Waals surface area contributed by atoms with Gasteiger partial charge >= 0.3 is 0 Å². The van der Waals surface area contributed by atoms with Crippen molar-refractivity contribution < 1.29 is 14.2 Å². The Balaban J connectivity index is 2.23. The summed E-state index contributed by atoms with van der Waals surface area (Å²) >= 11 is 0. The fraction of sp³-hybridized carbons (Fsp3) is 1.00. The Morgan fingerprint density at radius 1 is 1.47 bits per heavy atom. The molecule has 0 bridgehead atoms. The highest BCUT2D eigenvalue weighted by Crippen LogP contribution is 2.22. The molecule has 102 valence electrons. The standard InChI is InChI=1S/C13H27NO3/c1-10(7-12(2,3)15-6)14-8-11-9-16-13(4,5)17-11/h10-11,14H,7-9H2,1-6H3. The summed E-state index contributed by atoms with van der Waals surface area (Å²) in [6.07, 6.45) is 1.12. The number of rotatable bonds is 6. The number of methoxy groups -OCH3 is 1. The van der Waals surface area contributed by atoms with Gasteiger partial charge in [-0.25, -0.2) is 0 Å². The van der Waals surface area contributed by atoms with Crippen LogP contribution < -0.4 is 5.32 Å². The van der Waals surface area contributed by atoms with Crippen molar-refractivity contribution in [3.8, 4) is 0 Å². The monoisotopic (exact) mass is 245 g/mol. The van der Waals surface area contributed by atoms with Crippen molar-refractivity contribution >= 4 is 0 Å². The predicted octanol–water partition coefficient (Wildman–Crippen LogP) is 1.93. The lowest BCUT2D eigenvalue weighted by Gasteiger charge is -2.27. The van der Waals surface area contributed by atoms with E-state index in [0.29, 0.717) is 12.6 Å². The maximum atomic E-state index is 5.74. The Morgan fingerprint density at radius 3 is 2.59 bits per heavy atom. The van der Waals surface area contributed by atoms with E-state index in [1.165, 1.54) is 0 Å². The van der Waals surface area contributed by atoms with Crippen molar-refractivity contribution in [1.82, 2.24) is 5.32 Å². The van der Waals surface area contributed by atoms with Gasteiger partial charge in [0.2, 0.25) is 0 Å². The van der Waals surface area contributed by atoms with E-state index in [9.17, 15) is 0 Å². The minimum absolute atomic E-state index is 0.0846. The number of hydrogen-bond acceptors (Lipinski definition) is 4. The van der Waals surface area contributed by atoms with Gasteiger partial charge < -0.3 is 19.5 Å². The molecule has 1 saturated heterocycles. The molecule has 1 aliphatic rings. The smallest absolute Gasteiger partial charge is 0.163 e. The molecule has 1 fully saturated rings. The Labute approximate surface area is 105 Å². The molecule has 0 aromatic heterocycles. The molecular formula is C13H27NO3. The second-order valence-electron chi connectivity index (χ2n) is 5.93. The molecule has 0 saturated carbocycles. The number of ether oxygens (including phenoxy) is 3. The van der Waals surface area contributed by atoms with Crippen LogP contribution >= 0.6 is 0 Å². The Hall–Kier alpha value is -0.160. The van der Waals surface area contributed by atoms with Gasteiger partial charge in [-0.2, -0.15) is 0 Å². The first-order valence-corrected chi connectivity index (χ1v) is 6.34. The Morgan fingerprint density at radius 2 is 2.12 bits per heavy atom. The van der Waals surface area contributed by atoms with Crippen molar-refractivity contribution in [1.29, 1.82) is 0 Å². The van der Waals surface area contributed by atoms with E-state index in [2.05, 4.69) is 26.1 Å². The molecule has 0 spiro atoms. The highest BCUT2D eigenvalue weighted by molar-refractivity contribution is 4.78. The second kappa shape index (κ2) is 5.65. The van der Waals surface area contributed by atoms with E-state index in [-0.39, 0.29) is 11.7 Å². The van der Waals surface area contributed by atoms with Crippen LogP contribution in [-0.2, 0) is 14.2 Å². The minimum Gasteiger partial charge on any atom is -0.379 e. The summed E-state index contributed by atoms with van der Waals surface area (Å²) in [5, 5.41) is 3.47. The first-order chi connectivity index (χ1) is 7.74. The molecule has 1 aliphatic heterocycles. The van der Waals surface area contributed by atoms with Crippen molar-refractivity contribution in [2.24, 2.45) is 0 Å². The molecule has 4 heteroatoms. The molecule has 2 atom stereocenters. The van der Waals surface area contributed by atoms with Gasteiger partial charge in [0.15, 0.2) is 5.79 Å². The minimum atomic E-state index is -0.429. The zero-order valence-corrected chi connectivity index (χ0v) is 12.0. The third-order valence-corrected chi connectivity index (χ3v) is 3.11. The first kappa shape index (κ1) is 14.9. The Kier molecular flexibility index (Phi) is 4.95. The average Bonchev–Trinajstić information content (AvgIpc) is 2.55. The van der Waals surface area contributed by atoms with Crippen LogP contribution in [0.15, 0.2) is 0 Å². The van der Waals surface area contributed by atoms with E-state index in [1.807, 2.05) is 13.8 Å². The van der Waals surface area contributed by atoms with Gasteiger partial charge in [0.05, 0.1) is 18.3 Å². The summed E-state index contributed by atoms with van der Waals surface area (Å²) in [6, 6.07) is 0.400. The molecular weight excluding hydrogens is 218 g/mol. The third kappa shape index (κ3) is 5.34. The highest BCUT2D eigenvalue weighted by atomic mass is 16.7. The molecule has 2 unspecified atom stereocenters. The molecule has 1 heterocycles. The van der Waals surface area contributed by atoms with Gasteiger partial charge in [0.25, 0.3) is 0 Å². The zero-order valence-electron chi connectivity index (χ0n) is 12.0. The highest BCUT2D eigenvalue weighted by Gasteiger charge is 2.32. The fourth-order valence-corrected chi connectivity index (χ4v) is 2.09. The maximum absolute atomic E-state index is 5.74. The molecule has 0 radical (unpaired) electrons. The maximum Gasteiger partial charge on any atom is 0.163 e. The van der Waals surface area contributed by atoms with Gasteiger partial charge in [-0.15, -0.1) is 0 Å².